The second-order valence-corrected chi connectivity index (χ2v) is 11.3. The molecule has 10 nitrogen and oxygen atoms in total. The van der Waals surface area contributed by atoms with Gasteiger partial charge in [-0.25, -0.2) is 14.4 Å². The van der Waals surface area contributed by atoms with Crippen molar-refractivity contribution in [1.29, 1.82) is 0 Å². The lowest BCUT2D eigenvalue weighted by atomic mass is 9.81. The molecule has 1 heterocycles. The van der Waals surface area contributed by atoms with Crippen molar-refractivity contribution in [3.05, 3.63) is 62.8 Å². The highest BCUT2D eigenvalue weighted by Gasteiger charge is 2.32. The molecule has 4 rings (SSSR count). The smallest absolute Gasteiger partial charge is 0.407 e. The summed E-state index contributed by atoms with van der Waals surface area (Å²) in [6.45, 7) is 5.28. The van der Waals surface area contributed by atoms with Gasteiger partial charge in [0.1, 0.15) is 11.3 Å². The highest BCUT2D eigenvalue weighted by molar-refractivity contribution is 9.10. The number of methoxy groups -OCH3 is 1. The Kier molecular flexibility index (Phi) is 8.01. The van der Waals surface area contributed by atoms with Gasteiger partial charge in [0, 0.05) is 28.3 Å². The van der Waals surface area contributed by atoms with E-state index in [2.05, 4.69) is 31.5 Å². The lowest BCUT2D eigenvalue weighted by Gasteiger charge is -2.23. The van der Waals surface area contributed by atoms with Crippen molar-refractivity contribution in [3.8, 4) is 0 Å². The third-order valence-corrected chi connectivity index (χ3v) is 6.86. The molecular weight excluding hydrogens is 570 g/mol. The van der Waals surface area contributed by atoms with Gasteiger partial charge in [-0.05, 0) is 80.5 Å². The fraction of sp³-hybridized carbons (Fsp3) is 0.357. The Morgan fingerprint density at radius 1 is 1.15 bits per heavy atom. The van der Waals surface area contributed by atoms with Crippen LogP contribution in [0.1, 0.15) is 77.1 Å². The minimum atomic E-state index is -1.22. The van der Waals surface area contributed by atoms with E-state index >= 15 is 0 Å². The van der Waals surface area contributed by atoms with Gasteiger partial charge in [0.05, 0.1) is 18.4 Å². The number of amides is 2. The maximum Gasteiger partial charge on any atom is 0.407 e. The van der Waals surface area contributed by atoms with Crippen LogP contribution in [0.25, 0.3) is 10.9 Å². The zero-order valence-corrected chi connectivity index (χ0v) is 23.7. The molecule has 2 amide bonds. The van der Waals surface area contributed by atoms with Crippen LogP contribution in [-0.2, 0) is 27.2 Å². The quantitative estimate of drug-likeness (QED) is 0.262. The van der Waals surface area contributed by atoms with Gasteiger partial charge in [-0.3, -0.25) is 4.79 Å². The molecule has 0 saturated heterocycles. The Hall–Kier alpha value is -3.86. The highest BCUT2D eigenvalue weighted by atomic mass is 79.9. The van der Waals surface area contributed by atoms with E-state index in [0.717, 1.165) is 32.9 Å². The number of hydrogen-bond donors (Lipinski definition) is 4. The van der Waals surface area contributed by atoms with Crippen LogP contribution in [0.4, 0.5) is 10.5 Å². The highest BCUT2D eigenvalue weighted by Crippen LogP contribution is 2.42. The third kappa shape index (κ3) is 6.42. The number of carbonyl (C=O) groups is 4. The lowest BCUT2D eigenvalue weighted by molar-refractivity contribution is -0.116. The number of aromatic nitrogens is 1. The lowest BCUT2D eigenvalue weighted by Crippen LogP contribution is -2.32. The average molecular weight is 600 g/mol. The van der Waals surface area contributed by atoms with Gasteiger partial charge in [-0.1, -0.05) is 22.0 Å². The van der Waals surface area contributed by atoms with Gasteiger partial charge in [0.25, 0.3) is 0 Å². The van der Waals surface area contributed by atoms with Gasteiger partial charge in [0.2, 0.25) is 5.91 Å². The van der Waals surface area contributed by atoms with E-state index in [1.807, 2.05) is 12.1 Å². The van der Waals surface area contributed by atoms with E-state index in [9.17, 15) is 24.3 Å². The molecule has 1 aliphatic carbocycles. The molecule has 1 atom stereocenters. The minimum Gasteiger partial charge on any atom is -0.478 e. The molecule has 1 unspecified atom stereocenters. The molecular formula is C28H30BrN3O7. The number of hydrogen-bond acceptors (Lipinski definition) is 6. The number of esters is 1. The van der Waals surface area contributed by atoms with Crippen LogP contribution in [0, 0.1) is 0 Å². The number of rotatable bonds is 7. The molecule has 39 heavy (non-hydrogen) atoms. The number of carbonyl (C=O) groups excluding carboxylic acids is 3. The van der Waals surface area contributed by atoms with E-state index in [0.29, 0.717) is 17.7 Å². The third-order valence-electron chi connectivity index (χ3n) is 6.40. The predicted octanol–water partition coefficient (Wildman–Crippen LogP) is 5.50. The normalized spacial score (nSPS) is 14.5. The number of ether oxygens (including phenoxy) is 2. The van der Waals surface area contributed by atoms with Crippen molar-refractivity contribution in [2.75, 3.05) is 12.4 Å². The Morgan fingerprint density at radius 3 is 2.56 bits per heavy atom. The summed E-state index contributed by atoms with van der Waals surface area (Å²) < 4.78 is 11.1. The number of alkyl carbamates (subject to hydrolysis) is 1. The van der Waals surface area contributed by atoms with Crippen molar-refractivity contribution in [2.24, 2.45) is 0 Å². The molecule has 11 heteroatoms. The van der Waals surface area contributed by atoms with Gasteiger partial charge >= 0.3 is 18.0 Å². The van der Waals surface area contributed by atoms with E-state index in [1.54, 1.807) is 26.8 Å². The molecule has 206 valence electrons. The predicted molar refractivity (Wildman–Crippen MR) is 148 cm³/mol. The first-order valence-corrected chi connectivity index (χ1v) is 13.2. The second-order valence-electron chi connectivity index (χ2n) is 10.4. The molecule has 0 radical (unpaired) electrons. The Bertz CT molecular complexity index is 1470. The summed E-state index contributed by atoms with van der Waals surface area (Å²) in [5.41, 5.74) is 2.81. The summed E-state index contributed by atoms with van der Waals surface area (Å²) in [6, 6.07) is 8.41. The van der Waals surface area contributed by atoms with Crippen molar-refractivity contribution in [1.82, 2.24) is 10.3 Å². The number of nitrogens with one attached hydrogen (secondary N) is 3. The number of H-pyrrole nitrogens is 1. The Labute approximate surface area is 233 Å². The summed E-state index contributed by atoms with van der Waals surface area (Å²) in [5.74, 6) is -2.39. The first-order chi connectivity index (χ1) is 18.4. The fourth-order valence-corrected chi connectivity index (χ4v) is 5.36. The monoisotopic (exact) mass is 599 g/mol. The maximum absolute atomic E-state index is 13.1. The first kappa shape index (κ1) is 28.2. The van der Waals surface area contributed by atoms with Gasteiger partial charge in [0.15, 0.2) is 0 Å². The van der Waals surface area contributed by atoms with E-state index in [-0.39, 0.29) is 36.0 Å². The summed E-state index contributed by atoms with van der Waals surface area (Å²) in [7, 11) is 1.31. The first-order valence-electron chi connectivity index (χ1n) is 12.4. The van der Waals surface area contributed by atoms with Crippen molar-refractivity contribution < 1.29 is 33.8 Å². The van der Waals surface area contributed by atoms with Gasteiger partial charge in [-0.2, -0.15) is 0 Å². The Balaban J connectivity index is 1.52. The standard InChI is InChI=1S/C28H30BrN3O7/c1-28(2,3)39-27(37)30-13-14-5-8-19(18(9-14)25(34)35)31-21(33)11-16-7-6-15-10-17(29)12-20-22(15)23(16)24(32-20)26(36)38-4/h5,8-10,12,16,32H,6-7,11,13H2,1-4H3,(H,30,37)(H,31,33)(H,34,35). The van der Waals surface area contributed by atoms with Crippen LogP contribution in [0.5, 0.6) is 0 Å². The molecule has 0 saturated carbocycles. The summed E-state index contributed by atoms with van der Waals surface area (Å²) in [4.78, 5) is 52.7. The van der Waals surface area contributed by atoms with Crippen LogP contribution >= 0.6 is 15.9 Å². The average Bonchev–Trinajstić information content (AvgIpc) is 3.23. The van der Waals surface area contributed by atoms with Crippen molar-refractivity contribution in [3.63, 3.8) is 0 Å². The van der Waals surface area contributed by atoms with Crippen molar-refractivity contribution >= 4 is 56.5 Å². The van der Waals surface area contributed by atoms with Crippen LogP contribution < -0.4 is 10.6 Å². The summed E-state index contributed by atoms with van der Waals surface area (Å²) >= 11 is 3.51. The minimum absolute atomic E-state index is 0.0491. The summed E-state index contributed by atoms with van der Waals surface area (Å²) in [5, 5.41) is 16.0. The van der Waals surface area contributed by atoms with E-state index < -0.39 is 23.6 Å². The van der Waals surface area contributed by atoms with Gasteiger partial charge in [-0.15, -0.1) is 0 Å². The SMILES string of the molecule is COC(=O)c1[nH]c2cc(Br)cc3c2c1C(CC(=O)Nc1ccc(CNC(=O)OC(C)(C)C)cc1C(=O)O)CC3. The van der Waals surface area contributed by atoms with Crippen molar-refractivity contribution in [2.45, 2.75) is 58.1 Å². The number of anilines is 1. The van der Waals surface area contributed by atoms with E-state index in [4.69, 9.17) is 9.47 Å². The number of benzene rings is 2. The molecule has 1 aromatic heterocycles. The van der Waals surface area contributed by atoms with Crippen LogP contribution in [0.2, 0.25) is 0 Å². The summed E-state index contributed by atoms with van der Waals surface area (Å²) in [6.07, 6.45) is 0.782. The maximum atomic E-state index is 13.1. The topological polar surface area (TPSA) is 147 Å². The number of aromatic carboxylic acids is 1. The largest absolute Gasteiger partial charge is 0.478 e. The van der Waals surface area contributed by atoms with Crippen LogP contribution in [0.15, 0.2) is 34.8 Å². The molecule has 3 aromatic rings. The molecule has 4 N–H and O–H groups in total. The molecule has 2 aromatic carbocycles. The molecule has 0 spiro atoms. The number of halogens is 1. The second kappa shape index (κ2) is 11.1. The Morgan fingerprint density at radius 2 is 1.90 bits per heavy atom. The fourth-order valence-electron chi connectivity index (χ4n) is 4.85. The number of aromatic amines is 1. The molecule has 0 aliphatic heterocycles. The number of aryl methyl sites for hydroxylation is 1. The number of carboxylic acids is 1. The molecule has 1 aliphatic rings. The molecule has 0 bridgehead atoms. The van der Waals surface area contributed by atoms with E-state index in [1.165, 1.54) is 19.2 Å². The van der Waals surface area contributed by atoms with Gasteiger partial charge < -0.3 is 30.2 Å². The number of carboxylic acid groups (broad SMARTS) is 1. The molecule has 0 fully saturated rings. The zero-order valence-electron chi connectivity index (χ0n) is 22.1. The zero-order chi connectivity index (χ0) is 28.5. The van der Waals surface area contributed by atoms with Crippen LogP contribution in [0.3, 0.4) is 0 Å². The van der Waals surface area contributed by atoms with Crippen LogP contribution in [-0.4, -0.2) is 46.7 Å².